The van der Waals surface area contributed by atoms with Crippen molar-refractivity contribution >= 4 is 43.2 Å². The van der Waals surface area contributed by atoms with Gasteiger partial charge in [0.05, 0.1) is 16.9 Å². The summed E-state index contributed by atoms with van der Waals surface area (Å²) >= 11 is 1.55. The van der Waals surface area contributed by atoms with E-state index >= 15 is 0 Å². The lowest BCUT2D eigenvalue weighted by Crippen LogP contribution is -2.21. The molecule has 108 valence electrons. The van der Waals surface area contributed by atoms with Crippen LogP contribution in [0.15, 0.2) is 11.4 Å². The molecule has 8 heteroatoms. The van der Waals surface area contributed by atoms with Crippen LogP contribution in [-0.4, -0.2) is 42.5 Å². The van der Waals surface area contributed by atoms with Crippen molar-refractivity contribution in [1.82, 2.24) is 9.97 Å². The van der Waals surface area contributed by atoms with E-state index < -0.39 is 9.84 Å². The molecule has 3 rings (SSSR count). The van der Waals surface area contributed by atoms with Gasteiger partial charge in [0.2, 0.25) is 5.95 Å². The van der Waals surface area contributed by atoms with Crippen molar-refractivity contribution < 1.29 is 8.42 Å². The van der Waals surface area contributed by atoms with E-state index in [0.29, 0.717) is 18.2 Å². The largest absolute Gasteiger partial charge is 0.366 e. The Morgan fingerprint density at radius 3 is 3.00 bits per heavy atom. The number of nitrogens with zero attached hydrogens (tertiary/aromatic N) is 2. The van der Waals surface area contributed by atoms with E-state index in [1.165, 1.54) is 0 Å². The lowest BCUT2D eigenvalue weighted by Gasteiger charge is -2.13. The molecular weight excluding hydrogens is 296 g/mol. The molecule has 6 nitrogen and oxygen atoms in total. The number of fused-ring (bicyclic) bond motifs is 1. The number of thiophene rings is 1. The van der Waals surface area contributed by atoms with Crippen molar-refractivity contribution in [3.8, 4) is 0 Å². The predicted octanol–water partition coefficient (Wildman–Crippen LogP) is 1.72. The highest BCUT2D eigenvalue weighted by atomic mass is 32.2. The third-order valence-electron chi connectivity index (χ3n) is 3.23. The van der Waals surface area contributed by atoms with Gasteiger partial charge in [0, 0.05) is 12.6 Å². The summed E-state index contributed by atoms with van der Waals surface area (Å²) in [4.78, 5) is 9.78. The van der Waals surface area contributed by atoms with Gasteiger partial charge >= 0.3 is 0 Å². The number of nitrogens with one attached hydrogen (secondary N) is 2. The smallest absolute Gasteiger partial charge is 0.226 e. The van der Waals surface area contributed by atoms with Gasteiger partial charge in [0.15, 0.2) is 9.84 Å². The molecule has 1 aliphatic rings. The molecule has 3 heterocycles. The maximum Gasteiger partial charge on any atom is 0.226 e. The second-order valence-corrected chi connectivity index (χ2v) is 7.93. The molecule has 0 saturated carbocycles. The first-order valence-electron chi connectivity index (χ1n) is 6.53. The Morgan fingerprint density at radius 2 is 2.30 bits per heavy atom. The minimum absolute atomic E-state index is 0.0625. The minimum Gasteiger partial charge on any atom is -0.366 e. The van der Waals surface area contributed by atoms with Gasteiger partial charge in [-0.25, -0.2) is 13.4 Å². The third kappa shape index (κ3) is 2.71. The Bertz CT molecular complexity index is 726. The van der Waals surface area contributed by atoms with Crippen LogP contribution in [0.4, 0.5) is 11.8 Å². The van der Waals surface area contributed by atoms with E-state index in [1.807, 2.05) is 18.4 Å². The normalized spacial score (nSPS) is 21.1. The second-order valence-electron chi connectivity index (χ2n) is 4.81. The van der Waals surface area contributed by atoms with Crippen LogP contribution >= 0.6 is 11.3 Å². The Labute approximate surface area is 121 Å². The first-order chi connectivity index (χ1) is 9.57. The topological polar surface area (TPSA) is 84.0 Å². The molecule has 1 aliphatic heterocycles. The fourth-order valence-corrected chi connectivity index (χ4v) is 4.74. The van der Waals surface area contributed by atoms with Gasteiger partial charge in [-0.2, -0.15) is 4.98 Å². The molecule has 1 fully saturated rings. The molecule has 0 aliphatic carbocycles. The highest BCUT2D eigenvalue weighted by molar-refractivity contribution is 7.91. The van der Waals surface area contributed by atoms with Crippen LogP contribution in [0.1, 0.15) is 13.3 Å². The van der Waals surface area contributed by atoms with Crippen LogP contribution in [0, 0.1) is 0 Å². The zero-order valence-electron chi connectivity index (χ0n) is 11.1. The number of anilines is 2. The minimum atomic E-state index is -2.89. The van der Waals surface area contributed by atoms with Crippen molar-refractivity contribution in [3.63, 3.8) is 0 Å². The van der Waals surface area contributed by atoms with Crippen LogP contribution in [0.2, 0.25) is 0 Å². The summed E-state index contributed by atoms with van der Waals surface area (Å²) in [5, 5.41) is 9.27. The summed E-state index contributed by atoms with van der Waals surface area (Å²) in [6.45, 7) is 2.73. The second kappa shape index (κ2) is 5.17. The maximum atomic E-state index is 11.5. The molecule has 20 heavy (non-hydrogen) atoms. The molecule has 2 aromatic heterocycles. The van der Waals surface area contributed by atoms with E-state index in [0.717, 1.165) is 16.8 Å². The number of hydrogen-bond donors (Lipinski definition) is 2. The van der Waals surface area contributed by atoms with E-state index in [-0.39, 0.29) is 17.5 Å². The Hall–Kier alpha value is -1.41. The SMILES string of the molecule is CCNc1nc(NC2CCS(=O)(=O)C2)c2ccsc2n1. The summed E-state index contributed by atoms with van der Waals surface area (Å²) in [5.41, 5.74) is 0. The predicted molar refractivity (Wildman–Crippen MR) is 82.3 cm³/mol. The first-order valence-corrected chi connectivity index (χ1v) is 9.23. The average molecular weight is 312 g/mol. The van der Waals surface area contributed by atoms with Crippen molar-refractivity contribution in [2.45, 2.75) is 19.4 Å². The van der Waals surface area contributed by atoms with E-state index in [9.17, 15) is 8.42 Å². The monoisotopic (exact) mass is 312 g/mol. The van der Waals surface area contributed by atoms with Gasteiger partial charge in [0.1, 0.15) is 10.6 Å². The van der Waals surface area contributed by atoms with Gasteiger partial charge in [-0.3, -0.25) is 0 Å². The van der Waals surface area contributed by atoms with Gasteiger partial charge in [-0.15, -0.1) is 11.3 Å². The van der Waals surface area contributed by atoms with Crippen molar-refractivity contribution in [2.75, 3.05) is 28.7 Å². The van der Waals surface area contributed by atoms with Crippen molar-refractivity contribution in [2.24, 2.45) is 0 Å². The molecular formula is C12H16N4O2S2. The van der Waals surface area contributed by atoms with E-state index in [4.69, 9.17) is 0 Å². The summed E-state index contributed by atoms with van der Waals surface area (Å²) in [6.07, 6.45) is 0.633. The van der Waals surface area contributed by atoms with Crippen LogP contribution in [-0.2, 0) is 9.84 Å². The Kier molecular flexibility index (Phi) is 3.51. The zero-order chi connectivity index (χ0) is 14.2. The quantitative estimate of drug-likeness (QED) is 0.894. The molecule has 2 N–H and O–H groups in total. The Morgan fingerprint density at radius 1 is 1.45 bits per heavy atom. The summed E-state index contributed by atoms with van der Waals surface area (Å²) in [5.74, 6) is 1.72. The number of sulfone groups is 1. The van der Waals surface area contributed by atoms with E-state index in [1.54, 1.807) is 11.3 Å². The zero-order valence-corrected chi connectivity index (χ0v) is 12.7. The fourth-order valence-electron chi connectivity index (χ4n) is 2.30. The maximum absolute atomic E-state index is 11.5. The van der Waals surface area contributed by atoms with E-state index in [2.05, 4.69) is 20.6 Å². The molecule has 0 spiro atoms. The number of rotatable bonds is 4. The van der Waals surface area contributed by atoms with Gasteiger partial charge in [0.25, 0.3) is 0 Å². The van der Waals surface area contributed by atoms with Crippen molar-refractivity contribution in [1.29, 1.82) is 0 Å². The number of hydrogen-bond acceptors (Lipinski definition) is 7. The first kappa shape index (κ1) is 13.6. The molecule has 1 unspecified atom stereocenters. The highest BCUT2D eigenvalue weighted by Gasteiger charge is 2.28. The van der Waals surface area contributed by atoms with Crippen LogP contribution in [0.5, 0.6) is 0 Å². The molecule has 0 bridgehead atoms. The number of aromatic nitrogens is 2. The van der Waals surface area contributed by atoms with Crippen LogP contribution in [0.3, 0.4) is 0 Å². The summed E-state index contributed by atoms with van der Waals surface area (Å²) in [6, 6.07) is 1.90. The van der Waals surface area contributed by atoms with Gasteiger partial charge in [-0.1, -0.05) is 0 Å². The van der Waals surface area contributed by atoms with Crippen LogP contribution < -0.4 is 10.6 Å². The molecule has 0 amide bonds. The van der Waals surface area contributed by atoms with Crippen LogP contribution in [0.25, 0.3) is 10.2 Å². The van der Waals surface area contributed by atoms with Crippen molar-refractivity contribution in [3.05, 3.63) is 11.4 Å². The lowest BCUT2D eigenvalue weighted by atomic mass is 10.2. The molecule has 1 saturated heterocycles. The average Bonchev–Trinajstić information content (AvgIpc) is 2.96. The summed E-state index contributed by atoms with van der Waals surface area (Å²) in [7, 11) is -2.89. The highest BCUT2D eigenvalue weighted by Crippen LogP contribution is 2.28. The molecule has 0 aromatic carbocycles. The Balaban J connectivity index is 1.91. The summed E-state index contributed by atoms with van der Waals surface area (Å²) < 4.78 is 23.1. The molecule has 2 aromatic rings. The molecule has 0 radical (unpaired) electrons. The fraction of sp³-hybridized carbons (Fsp3) is 0.500. The standard InChI is InChI=1S/C12H16N4O2S2/c1-2-13-12-15-10(9-3-5-19-11(9)16-12)14-8-4-6-20(17,18)7-8/h3,5,8H,2,4,6-7H2,1H3,(H2,13,14,15,16). The van der Waals surface area contributed by atoms with Gasteiger partial charge in [-0.05, 0) is 24.8 Å². The van der Waals surface area contributed by atoms with Gasteiger partial charge < -0.3 is 10.6 Å². The third-order valence-corrected chi connectivity index (χ3v) is 5.81. The molecule has 1 atom stereocenters. The lowest BCUT2D eigenvalue weighted by molar-refractivity contribution is 0.602.